The number of benzene rings is 2. The number of amides is 1. The van der Waals surface area contributed by atoms with Crippen LogP contribution in [0, 0.1) is 0 Å². The third-order valence-electron chi connectivity index (χ3n) is 4.09. The van der Waals surface area contributed by atoms with Gasteiger partial charge in [-0.05, 0) is 49.1 Å². The van der Waals surface area contributed by atoms with E-state index in [-0.39, 0.29) is 18.9 Å². The Kier molecular flexibility index (Phi) is 8.13. The summed E-state index contributed by atoms with van der Waals surface area (Å²) in [6.07, 6.45) is 3.67. The van der Waals surface area contributed by atoms with Gasteiger partial charge in [0.05, 0.1) is 11.9 Å². The first-order chi connectivity index (χ1) is 12.9. The highest BCUT2D eigenvalue weighted by atomic mass is 35.5. The number of hydrogen-bond acceptors (Lipinski definition) is 3. The normalized spacial score (nSPS) is 11.2. The Labute approximate surface area is 166 Å². The van der Waals surface area contributed by atoms with Gasteiger partial charge in [0.25, 0.3) is 0 Å². The lowest BCUT2D eigenvalue weighted by Gasteiger charge is -2.22. The Hall–Kier alpha value is -2.05. The standard InChI is InChI=1S/C20H25ClN2O3S/c1-27(25,26)23(19-13-11-18(21)12-14-19)16-6-10-20(24)22-15-5-9-17-7-3-2-4-8-17/h2-4,7-8,11-14H,5-6,9-10,15-16H2,1H3,(H,22,24). The summed E-state index contributed by atoms with van der Waals surface area (Å²) in [6.45, 7) is 0.860. The number of sulfonamides is 1. The molecule has 1 amide bonds. The van der Waals surface area contributed by atoms with Crippen molar-refractivity contribution in [1.29, 1.82) is 0 Å². The average molecular weight is 409 g/mol. The van der Waals surface area contributed by atoms with Crippen LogP contribution in [0.1, 0.15) is 24.8 Å². The summed E-state index contributed by atoms with van der Waals surface area (Å²) < 4.78 is 25.4. The van der Waals surface area contributed by atoms with Crippen LogP contribution in [-0.4, -0.2) is 33.7 Å². The van der Waals surface area contributed by atoms with Crippen molar-refractivity contribution in [2.45, 2.75) is 25.7 Å². The van der Waals surface area contributed by atoms with Crippen LogP contribution < -0.4 is 9.62 Å². The molecule has 1 N–H and O–H groups in total. The van der Waals surface area contributed by atoms with E-state index >= 15 is 0 Å². The molecule has 0 saturated carbocycles. The van der Waals surface area contributed by atoms with Crippen LogP contribution in [0.2, 0.25) is 5.02 Å². The van der Waals surface area contributed by atoms with E-state index < -0.39 is 10.0 Å². The zero-order chi connectivity index (χ0) is 19.7. The van der Waals surface area contributed by atoms with Crippen molar-refractivity contribution in [3.8, 4) is 0 Å². The van der Waals surface area contributed by atoms with Gasteiger partial charge in [-0.2, -0.15) is 0 Å². The van der Waals surface area contributed by atoms with E-state index in [0.29, 0.717) is 23.7 Å². The Bertz CT molecular complexity index is 824. The monoisotopic (exact) mass is 408 g/mol. The van der Waals surface area contributed by atoms with Crippen molar-refractivity contribution in [2.75, 3.05) is 23.7 Å². The molecular formula is C20H25ClN2O3S. The lowest BCUT2D eigenvalue weighted by Crippen LogP contribution is -2.32. The molecule has 2 aromatic rings. The van der Waals surface area contributed by atoms with Gasteiger partial charge in [-0.25, -0.2) is 8.42 Å². The van der Waals surface area contributed by atoms with E-state index in [0.717, 1.165) is 19.1 Å². The predicted octanol–water partition coefficient (Wildman–Crippen LogP) is 3.64. The summed E-state index contributed by atoms with van der Waals surface area (Å²) in [7, 11) is -3.42. The van der Waals surface area contributed by atoms with Crippen molar-refractivity contribution >= 4 is 33.2 Å². The third kappa shape index (κ3) is 7.61. The second kappa shape index (κ2) is 10.3. The van der Waals surface area contributed by atoms with Gasteiger partial charge in [-0.3, -0.25) is 9.10 Å². The maximum absolute atomic E-state index is 12.0. The minimum absolute atomic E-state index is 0.0624. The van der Waals surface area contributed by atoms with Crippen LogP contribution in [0.15, 0.2) is 54.6 Å². The molecule has 0 bridgehead atoms. The zero-order valence-corrected chi connectivity index (χ0v) is 17.0. The van der Waals surface area contributed by atoms with Gasteiger partial charge >= 0.3 is 0 Å². The first-order valence-electron chi connectivity index (χ1n) is 8.90. The fourth-order valence-electron chi connectivity index (χ4n) is 2.73. The topological polar surface area (TPSA) is 66.5 Å². The van der Waals surface area contributed by atoms with E-state index in [9.17, 15) is 13.2 Å². The van der Waals surface area contributed by atoms with Crippen molar-refractivity contribution in [1.82, 2.24) is 5.32 Å². The molecule has 2 aromatic carbocycles. The Balaban J connectivity index is 1.74. The minimum Gasteiger partial charge on any atom is -0.356 e. The number of nitrogens with one attached hydrogen (secondary N) is 1. The molecule has 5 nitrogen and oxygen atoms in total. The number of hydrogen-bond donors (Lipinski definition) is 1. The second-order valence-electron chi connectivity index (χ2n) is 6.35. The van der Waals surface area contributed by atoms with Gasteiger partial charge in [0.2, 0.25) is 15.9 Å². The smallest absolute Gasteiger partial charge is 0.232 e. The Morgan fingerprint density at radius 3 is 2.33 bits per heavy atom. The third-order valence-corrected chi connectivity index (χ3v) is 5.53. The molecule has 0 aliphatic rings. The summed E-state index contributed by atoms with van der Waals surface area (Å²) in [5.74, 6) is -0.0624. The van der Waals surface area contributed by atoms with E-state index in [1.165, 1.54) is 9.87 Å². The Morgan fingerprint density at radius 1 is 1.04 bits per heavy atom. The molecule has 0 heterocycles. The summed E-state index contributed by atoms with van der Waals surface area (Å²) in [5.41, 5.74) is 1.80. The van der Waals surface area contributed by atoms with Crippen LogP contribution in [0.3, 0.4) is 0 Å². The summed E-state index contributed by atoms with van der Waals surface area (Å²) in [6, 6.07) is 16.7. The van der Waals surface area contributed by atoms with Crippen LogP contribution in [0.5, 0.6) is 0 Å². The molecule has 0 unspecified atom stereocenters. The van der Waals surface area contributed by atoms with E-state index in [2.05, 4.69) is 17.4 Å². The van der Waals surface area contributed by atoms with Crippen LogP contribution in [-0.2, 0) is 21.2 Å². The first kappa shape index (κ1) is 21.3. The van der Waals surface area contributed by atoms with Crippen molar-refractivity contribution in [2.24, 2.45) is 0 Å². The molecule has 0 fully saturated rings. The number of aryl methyl sites for hydroxylation is 1. The molecule has 0 aliphatic carbocycles. The molecule has 0 spiro atoms. The maximum atomic E-state index is 12.0. The number of rotatable bonds is 10. The Morgan fingerprint density at radius 2 is 1.70 bits per heavy atom. The summed E-state index contributed by atoms with van der Waals surface area (Å²) in [5, 5.41) is 3.43. The fraction of sp³-hybridized carbons (Fsp3) is 0.350. The van der Waals surface area contributed by atoms with Crippen molar-refractivity contribution in [3.05, 3.63) is 65.2 Å². The molecule has 7 heteroatoms. The highest BCUT2D eigenvalue weighted by Crippen LogP contribution is 2.20. The van der Waals surface area contributed by atoms with Gasteiger partial charge in [-0.1, -0.05) is 41.9 Å². The lowest BCUT2D eigenvalue weighted by molar-refractivity contribution is -0.121. The first-order valence-corrected chi connectivity index (χ1v) is 11.1. The zero-order valence-electron chi connectivity index (χ0n) is 15.4. The molecular weight excluding hydrogens is 384 g/mol. The number of carbonyl (C=O) groups is 1. The van der Waals surface area contributed by atoms with Crippen LogP contribution in [0.4, 0.5) is 5.69 Å². The van der Waals surface area contributed by atoms with E-state index in [4.69, 9.17) is 11.6 Å². The lowest BCUT2D eigenvalue weighted by atomic mass is 10.1. The van der Waals surface area contributed by atoms with Crippen molar-refractivity contribution in [3.63, 3.8) is 0 Å². The maximum Gasteiger partial charge on any atom is 0.232 e. The molecule has 0 atom stereocenters. The van der Waals surface area contributed by atoms with Gasteiger partial charge in [-0.15, -0.1) is 0 Å². The number of anilines is 1. The number of nitrogens with zero attached hydrogens (tertiary/aromatic N) is 1. The molecule has 0 aliphatic heterocycles. The van der Waals surface area contributed by atoms with Gasteiger partial charge in [0, 0.05) is 24.5 Å². The SMILES string of the molecule is CS(=O)(=O)N(CCCC(=O)NCCCc1ccccc1)c1ccc(Cl)cc1. The number of carbonyl (C=O) groups excluding carboxylic acids is 1. The van der Waals surface area contributed by atoms with Crippen LogP contribution >= 0.6 is 11.6 Å². The van der Waals surface area contributed by atoms with Crippen LogP contribution in [0.25, 0.3) is 0 Å². The quantitative estimate of drug-likeness (QED) is 0.610. The summed E-state index contributed by atoms with van der Waals surface area (Å²) in [4.78, 5) is 12.0. The van der Waals surface area contributed by atoms with Crippen molar-refractivity contribution < 1.29 is 13.2 Å². The molecule has 146 valence electrons. The van der Waals surface area contributed by atoms with E-state index in [1.54, 1.807) is 24.3 Å². The molecule has 0 radical (unpaired) electrons. The van der Waals surface area contributed by atoms with Gasteiger partial charge in [0.15, 0.2) is 0 Å². The van der Waals surface area contributed by atoms with Gasteiger partial charge < -0.3 is 5.32 Å². The second-order valence-corrected chi connectivity index (χ2v) is 8.70. The molecule has 0 aromatic heterocycles. The summed E-state index contributed by atoms with van der Waals surface area (Å²) >= 11 is 5.86. The fourth-order valence-corrected chi connectivity index (χ4v) is 3.82. The average Bonchev–Trinajstić information content (AvgIpc) is 2.63. The van der Waals surface area contributed by atoms with Gasteiger partial charge in [0.1, 0.15) is 0 Å². The minimum atomic E-state index is -3.42. The molecule has 0 saturated heterocycles. The highest BCUT2D eigenvalue weighted by molar-refractivity contribution is 7.92. The highest BCUT2D eigenvalue weighted by Gasteiger charge is 2.17. The van der Waals surface area contributed by atoms with E-state index in [1.807, 2.05) is 18.2 Å². The predicted molar refractivity (Wildman–Crippen MR) is 111 cm³/mol. The number of halogens is 1. The molecule has 27 heavy (non-hydrogen) atoms. The largest absolute Gasteiger partial charge is 0.356 e. The molecule has 2 rings (SSSR count).